The first-order valence-corrected chi connectivity index (χ1v) is 8.64. The fraction of sp³-hybridized carbons (Fsp3) is 1.00. The lowest BCUT2D eigenvalue weighted by Gasteiger charge is -2.21. The molecule has 0 aliphatic heterocycles. The Morgan fingerprint density at radius 2 is 1.68 bits per heavy atom. The van der Waals surface area contributed by atoms with Crippen molar-refractivity contribution in [1.29, 1.82) is 0 Å². The lowest BCUT2D eigenvalue weighted by molar-refractivity contribution is 0.133. The van der Waals surface area contributed by atoms with Crippen LogP contribution in [0.1, 0.15) is 6.42 Å². The molecule has 0 bridgehead atoms. The first kappa shape index (κ1) is 18.8. The van der Waals surface area contributed by atoms with E-state index in [1.54, 1.807) is 14.2 Å². The number of hydrogen-bond donors (Lipinski definition) is 1. The number of nitrogens with one attached hydrogen (secondary N) is 1. The topological polar surface area (TPSA) is 67.9 Å². The van der Waals surface area contributed by atoms with Gasteiger partial charge in [-0.15, -0.1) is 0 Å². The van der Waals surface area contributed by atoms with Gasteiger partial charge in [0.2, 0.25) is 0 Å². The molecule has 0 heterocycles. The Labute approximate surface area is 117 Å². The minimum atomic E-state index is -2.87. The van der Waals surface area contributed by atoms with Crippen LogP contribution in [0.25, 0.3) is 0 Å². The second-order valence-electron chi connectivity index (χ2n) is 4.56. The normalized spacial score (nSPS) is 12.2. The number of hydrogen-bond acceptors (Lipinski definition) is 6. The number of rotatable bonds is 13. The highest BCUT2D eigenvalue weighted by atomic mass is 32.2. The third-order valence-corrected chi connectivity index (χ3v) is 3.63. The van der Waals surface area contributed by atoms with Crippen molar-refractivity contribution < 1.29 is 17.9 Å². The van der Waals surface area contributed by atoms with Crippen molar-refractivity contribution in [3.05, 3.63) is 0 Å². The van der Waals surface area contributed by atoms with Gasteiger partial charge in [0.1, 0.15) is 9.84 Å². The Bertz CT molecular complexity index is 296. The van der Waals surface area contributed by atoms with E-state index in [0.29, 0.717) is 13.2 Å². The quantitative estimate of drug-likeness (QED) is 0.467. The average molecular weight is 296 g/mol. The van der Waals surface area contributed by atoms with Crippen molar-refractivity contribution in [3.63, 3.8) is 0 Å². The molecule has 116 valence electrons. The van der Waals surface area contributed by atoms with Crippen LogP contribution in [0.5, 0.6) is 0 Å². The molecule has 0 fully saturated rings. The predicted molar refractivity (Wildman–Crippen MR) is 77.4 cm³/mol. The molecule has 0 spiro atoms. The molecular weight excluding hydrogens is 268 g/mol. The monoisotopic (exact) mass is 296 g/mol. The second-order valence-corrected chi connectivity index (χ2v) is 6.82. The molecule has 0 aromatic carbocycles. The third kappa shape index (κ3) is 14.0. The van der Waals surface area contributed by atoms with Crippen LogP contribution in [0.3, 0.4) is 0 Å². The molecule has 0 atom stereocenters. The van der Waals surface area contributed by atoms with Gasteiger partial charge in [-0.2, -0.15) is 0 Å². The molecule has 0 amide bonds. The highest BCUT2D eigenvalue weighted by Gasteiger charge is 2.05. The lowest BCUT2D eigenvalue weighted by atomic mass is 10.3. The molecule has 0 aliphatic rings. The summed E-state index contributed by atoms with van der Waals surface area (Å²) in [6.45, 7) is 5.48. The van der Waals surface area contributed by atoms with Gasteiger partial charge < -0.3 is 14.8 Å². The van der Waals surface area contributed by atoms with E-state index in [1.807, 2.05) is 0 Å². The van der Waals surface area contributed by atoms with Crippen molar-refractivity contribution in [3.8, 4) is 0 Å². The molecule has 1 N–H and O–H groups in total. The van der Waals surface area contributed by atoms with Crippen LogP contribution in [0, 0.1) is 0 Å². The summed E-state index contributed by atoms with van der Waals surface area (Å²) in [5, 5.41) is 3.15. The maximum Gasteiger partial charge on any atom is 0.148 e. The number of sulfone groups is 1. The predicted octanol–water partition coefficient (Wildman–Crippen LogP) is -0.394. The van der Waals surface area contributed by atoms with E-state index in [0.717, 1.165) is 39.2 Å². The summed E-state index contributed by atoms with van der Waals surface area (Å²) in [5.41, 5.74) is 0. The molecular formula is C12H28N2O4S. The molecule has 0 unspecified atom stereocenters. The lowest BCUT2D eigenvalue weighted by Crippen LogP contribution is -2.36. The van der Waals surface area contributed by atoms with Crippen molar-refractivity contribution >= 4 is 9.84 Å². The molecule has 0 aliphatic carbocycles. The summed E-state index contributed by atoms with van der Waals surface area (Å²) in [6, 6.07) is 0. The largest absolute Gasteiger partial charge is 0.385 e. The van der Waals surface area contributed by atoms with Crippen LogP contribution < -0.4 is 5.32 Å². The summed E-state index contributed by atoms with van der Waals surface area (Å²) in [6.07, 6.45) is 2.24. The zero-order valence-electron chi connectivity index (χ0n) is 12.4. The van der Waals surface area contributed by atoms with Crippen molar-refractivity contribution in [2.75, 3.05) is 72.2 Å². The van der Waals surface area contributed by atoms with Gasteiger partial charge in [-0.1, -0.05) is 0 Å². The Morgan fingerprint density at radius 3 is 2.26 bits per heavy atom. The Kier molecular flexibility index (Phi) is 11.5. The third-order valence-electron chi connectivity index (χ3n) is 2.69. The molecule has 0 radical (unpaired) electrons. The smallest absolute Gasteiger partial charge is 0.148 e. The maximum absolute atomic E-state index is 11.0. The second kappa shape index (κ2) is 11.6. The molecule has 6 nitrogen and oxygen atoms in total. The molecule has 7 heteroatoms. The van der Waals surface area contributed by atoms with Gasteiger partial charge in [0.15, 0.2) is 0 Å². The SMILES string of the molecule is COCCCN(CCNCCS(C)(=O)=O)CCOC. The highest BCUT2D eigenvalue weighted by molar-refractivity contribution is 7.90. The van der Waals surface area contributed by atoms with Crippen LogP contribution >= 0.6 is 0 Å². The molecule has 0 saturated carbocycles. The Balaban J connectivity index is 3.71. The van der Waals surface area contributed by atoms with Crippen molar-refractivity contribution in [2.24, 2.45) is 0 Å². The molecule has 0 aromatic rings. The first-order chi connectivity index (χ1) is 8.99. The first-order valence-electron chi connectivity index (χ1n) is 6.58. The van der Waals surface area contributed by atoms with Crippen LogP contribution in [0.15, 0.2) is 0 Å². The van der Waals surface area contributed by atoms with Gasteiger partial charge in [-0.3, -0.25) is 4.90 Å². The molecule has 0 saturated heterocycles. The minimum absolute atomic E-state index is 0.189. The number of ether oxygens (including phenoxy) is 2. The van der Waals surface area contributed by atoms with Gasteiger partial charge in [0.25, 0.3) is 0 Å². The summed E-state index contributed by atoms with van der Waals surface area (Å²) in [7, 11) is 0.524. The zero-order valence-corrected chi connectivity index (χ0v) is 13.2. The van der Waals surface area contributed by atoms with E-state index in [-0.39, 0.29) is 5.75 Å². The zero-order chi connectivity index (χ0) is 14.6. The Morgan fingerprint density at radius 1 is 1.00 bits per heavy atom. The van der Waals surface area contributed by atoms with E-state index in [4.69, 9.17) is 9.47 Å². The van der Waals surface area contributed by atoms with E-state index in [9.17, 15) is 8.42 Å². The Hall–Kier alpha value is -0.210. The van der Waals surface area contributed by atoms with Gasteiger partial charge in [0, 0.05) is 59.8 Å². The van der Waals surface area contributed by atoms with E-state index in [1.165, 1.54) is 6.26 Å². The van der Waals surface area contributed by atoms with Crippen LogP contribution in [-0.4, -0.2) is 85.5 Å². The van der Waals surface area contributed by atoms with Crippen molar-refractivity contribution in [1.82, 2.24) is 10.2 Å². The average Bonchev–Trinajstić information content (AvgIpc) is 2.33. The fourth-order valence-corrected chi connectivity index (χ4v) is 2.12. The minimum Gasteiger partial charge on any atom is -0.385 e. The molecule has 0 rings (SSSR count). The summed E-state index contributed by atoms with van der Waals surface area (Å²) >= 11 is 0. The highest BCUT2D eigenvalue weighted by Crippen LogP contribution is 1.92. The van der Waals surface area contributed by atoms with Crippen LogP contribution in [0.4, 0.5) is 0 Å². The van der Waals surface area contributed by atoms with Gasteiger partial charge in [-0.25, -0.2) is 8.42 Å². The summed E-state index contributed by atoms with van der Waals surface area (Å²) in [4.78, 5) is 2.29. The number of nitrogens with zero attached hydrogens (tertiary/aromatic N) is 1. The molecule has 0 aromatic heterocycles. The summed E-state index contributed by atoms with van der Waals surface area (Å²) in [5.74, 6) is 0.189. The molecule has 19 heavy (non-hydrogen) atoms. The van der Waals surface area contributed by atoms with Crippen LogP contribution in [-0.2, 0) is 19.3 Å². The van der Waals surface area contributed by atoms with Gasteiger partial charge in [-0.05, 0) is 6.42 Å². The van der Waals surface area contributed by atoms with Crippen molar-refractivity contribution in [2.45, 2.75) is 6.42 Å². The van der Waals surface area contributed by atoms with E-state index < -0.39 is 9.84 Å². The fourth-order valence-electron chi connectivity index (χ4n) is 1.61. The van der Waals surface area contributed by atoms with Gasteiger partial charge >= 0.3 is 0 Å². The van der Waals surface area contributed by atoms with E-state index >= 15 is 0 Å². The van der Waals surface area contributed by atoms with E-state index in [2.05, 4.69) is 10.2 Å². The maximum atomic E-state index is 11.0. The summed E-state index contributed by atoms with van der Waals surface area (Å²) < 4.78 is 32.0. The van der Waals surface area contributed by atoms with Crippen LogP contribution in [0.2, 0.25) is 0 Å². The van der Waals surface area contributed by atoms with Gasteiger partial charge in [0.05, 0.1) is 12.4 Å². The standard InChI is InChI=1S/C12H28N2O4S/c1-17-10-4-7-14(9-11-18-2)8-5-13-6-12-19(3,15)16/h13H,4-12H2,1-3H3. The number of methoxy groups -OCH3 is 2.